The minimum atomic E-state index is 0.204. The second-order valence-corrected chi connectivity index (χ2v) is 5.32. The quantitative estimate of drug-likeness (QED) is 0.813. The topological polar surface area (TPSA) is 32.3 Å². The van der Waals surface area contributed by atoms with Crippen molar-refractivity contribution in [3.8, 4) is 0 Å². The highest BCUT2D eigenvalue weighted by atomic mass is 16.2. The van der Waals surface area contributed by atoms with Crippen LogP contribution in [0.25, 0.3) is 0 Å². The Morgan fingerprint density at radius 2 is 2.11 bits per heavy atom. The van der Waals surface area contributed by atoms with Crippen molar-refractivity contribution < 1.29 is 4.79 Å². The summed E-state index contributed by atoms with van der Waals surface area (Å²) in [4.78, 5) is 14.5. The Morgan fingerprint density at radius 1 is 1.28 bits per heavy atom. The first-order chi connectivity index (χ1) is 8.84. The van der Waals surface area contributed by atoms with Gasteiger partial charge in [-0.25, -0.2) is 0 Å². The van der Waals surface area contributed by atoms with Gasteiger partial charge in [0.05, 0.1) is 5.92 Å². The lowest BCUT2D eigenvalue weighted by molar-refractivity contribution is -0.135. The van der Waals surface area contributed by atoms with Crippen LogP contribution in [0, 0.1) is 5.92 Å². The normalized spacial score (nSPS) is 23.6. The van der Waals surface area contributed by atoms with Crippen LogP contribution < -0.4 is 5.32 Å². The van der Waals surface area contributed by atoms with Crippen molar-refractivity contribution in [3.63, 3.8) is 0 Å². The zero-order valence-corrected chi connectivity index (χ0v) is 10.7. The Labute approximate surface area is 108 Å². The van der Waals surface area contributed by atoms with Crippen molar-refractivity contribution in [2.24, 2.45) is 5.92 Å². The zero-order chi connectivity index (χ0) is 12.4. The van der Waals surface area contributed by atoms with Crippen LogP contribution in [-0.4, -0.2) is 30.4 Å². The van der Waals surface area contributed by atoms with Gasteiger partial charge < -0.3 is 10.2 Å². The minimum absolute atomic E-state index is 0.204. The summed E-state index contributed by atoms with van der Waals surface area (Å²) in [6, 6.07) is 8.52. The highest BCUT2D eigenvalue weighted by Gasteiger charge is 2.28. The van der Waals surface area contributed by atoms with Crippen molar-refractivity contribution >= 4 is 5.91 Å². The van der Waals surface area contributed by atoms with E-state index in [0.29, 0.717) is 5.91 Å². The van der Waals surface area contributed by atoms with E-state index < -0.39 is 0 Å². The Kier molecular flexibility index (Phi) is 3.33. The highest BCUT2D eigenvalue weighted by Crippen LogP contribution is 2.21. The van der Waals surface area contributed by atoms with Crippen LogP contribution in [0.3, 0.4) is 0 Å². The van der Waals surface area contributed by atoms with Gasteiger partial charge in [0.2, 0.25) is 5.91 Å². The van der Waals surface area contributed by atoms with Crippen molar-refractivity contribution in [2.75, 3.05) is 19.6 Å². The number of fused-ring (bicyclic) bond motifs is 1. The summed E-state index contributed by atoms with van der Waals surface area (Å²) in [5, 5.41) is 3.28. The molecular weight excluding hydrogens is 224 g/mol. The standard InChI is InChI=1S/C15H20N2O/c18-15(13-7-8-16-10-13)17-9-3-6-12-4-1-2-5-14(12)11-17/h1-2,4-5,13,16H,3,6-11H2. The summed E-state index contributed by atoms with van der Waals surface area (Å²) in [5.41, 5.74) is 2.74. The van der Waals surface area contributed by atoms with Crippen LogP contribution in [0.1, 0.15) is 24.0 Å². The van der Waals surface area contributed by atoms with Gasteiger partial charge in [0.25, 0.3) is 0 Å². The first-order valence-corrected chi connectivity index (χ1v) is 6.91. The summed E-state index contributed by atoms with van der Waals surface area (Å²) >= 11 is 0. The van der Waals surface area contributed by atoms with E-state index in [2.05, 4.69) is 34.5 Å². The minimum Gasteiger partial charge on any atom is -0.338 e. The first kappa shape index (κ1) is 11.7. The number of nitrogens with one attached hydrogen (secondary N) is 1. The van der Waals surface area contributed by atoms with E-state index in [4.69, 9.17) is 0 Å². The van der Waals surface area contributed by atoms with Gasteiger partial charge in [-0.3, -0.25) is 4.79 Å². The molecule has 18 heavy (non-hydrogen) atoms. The molecule has 1 N–H and O–H groups in total. The number of hydrogen-bond donors (Lipinski definition) is 1. The molecule has 0 bridgehead atoms. The second-order valence-electron chi connectivity index (χ2n) is 5.32. The maximum Gasteiger partial charge on any atom is 0.227 e. The number of nitrogens with zero attached hydrogens (tertiary/aromatic N) is 1. The highest BCUT2D eigenvalue weighted by molar-refractivity contribution is 5.79. The predicted molar refractivity (Wildman–Crippen MR) is 71.2 cm³/mol. The van der Waals surface area contributed by atoms with Crippen molar-refractivity contribution in [3.05, 3.63) is 35.4 Å². The molecule has 0 aromatic heterocycles. The molecule has 1 aromatic rings. The summed E-state index contributed by atoms with van der Waals surface area (Å²) in [6.45, 7) is 3.55. The van der Waals surface area contributed by atoms with Crippen LogP contribution in [0.4, 0.5) is 0 Å². The molecule has 3 heteroatoms. The van der Waals surface area contributed by atoms with Gasteiger partial charge in [-0.15, -0.1) is 0 Å². The van der Waals surface area contributed by atoms with Crippen LogP contribution >= 0.6 is 0 Å². The lowest BCUT2D eigenvalue weighted by Gasteiger charge is -2.24. The van der Waals surface area contributed by atoms with Crippen LogP contribution in [0.2, 0.25) is 0 Å². The van der Waals surface area contributed by atoms with Crippen LogP contribution in [0.5, 0.6) is 0 Å². The van der Waals surface area contributed by atoms with Crippen molar-refractivity contribution in [2.45, 2.75) is 25.8 Å². The third-order valence-corrected chi connectivity index (χ3v) is 4.07. The molecule has 2 heterocycles. The summed E-state index contributed by atoms with van der Waals surface area (Å²) in [6.07, 6.45) is 3.18. The molecular formula is C15H20N2O. The molecule has 1 aromatic carbocycles. The maximum absolute atomic E-state index is 12.4. The second kappa shape index (κ2) is 5.11. The summed E-state index contributed by atoms with van der Waals surface area (Å²) in [7, 11) is 0. The van der Waals surface area contributed by atoms with E-state index in [1.165, 1.54) is 11.1 Å². The first-order valence-electron chi connectivity index (χ1n) is 6.91. The Balaban J connectivity index is 1.76. The fourth-order valence-corrected chi connectivity index (χ4v) is 3.01. The van der Waals surface area contributed by atoms with Gasteiger partial charge in [0.1, 0.15) is 0 Å². The zero-order valence-electron chi connectivity index (χ0n) is 10.7. The number of aryl methyl sites for hydroxylation is 1. The Hall–Kier alpha value is -1.35. The Morgan fingerprint density at radius 3 is 2.89 bits per heavy atom. The number of hydrogen-bond acceptors (Lipinski definition) is 2. The monoisotopic (exact) mass is 244 g/mol. The molecule has 0 saturated carbocycles. The van der Waals surface area contributed by atoms with Crippen molar-refractivity contribution in [1.29, 1.82) is 0 Å². The Bertz CT molecular complexity index is 438. The van der Waals surface area contributed by atoms with E-state index in [9.17, 15) is 4.79 Å². The molecule has 1 fully saturated rings. The van der Waals surface area contributed by atoms with E-state index in [-0.39, 0.29) is 5.92 Å². The fraction of sp³-hybridized carbons (Fsp3) is 0.533. The lowest BCUT2D eigenvalue weighted by Crippen LogP contribution is -2.36. The van der Waals surface area contributed by atoms with Gasteiger partial charge >= 0.3 is 0 Å². The molecule has 2 aliphatic rings. The van der Waals surface area contributed by atoms with E-state index in [1.807, 2.05) is 0 Å². The fourth-order valence-electron chi connectivity index (χ4n) is 3.01. The van der Waals surface area contributed by atoms with Gasteiger partial charge in [0, 0.05) is 19.6 Å². The molecule has 0 radical (unpaired) electrons. The van der Waals surface area contributed by atoms with E-state index >= 15 is 0 Å². The number of amides is 1. The van der Waals surface area contributed by atoms with Crippen molar-refractivity contribution in [1.82, 2.24) is 10.2 Å². The summed E-state index contributed by atoms with van der Waals surface area (Å²) in [5.74, 6) is 0.548. The third-order valence-electron chi connectivity index (χ3n) is 4.07. The van der Waals surface area contributed by atoms with Crippen LogP contribution in [0.15, 0.2) is 24.3 Å². The lowest BCUT2D eigenvalue weighted by atomic mass is 10.0. The predicted octanol–water partition coefficient (Wildman–Crippen LogP) is 1.57. The molecule has 96 valence electrons. The molecule has 2 aliphatic heterocycles. The maximum atomic E-state index is 12.4. The molecule has 1 unspecified atom stereocenters. The number of rotatable bonds is 1. The molecule has 3 nitrogen and oxygen atoms in total. The van der Waals surface area contributed by atoms with Gasteiger partial charge in [-0.2, -0.15) is 0 Å². The number of benzene rings is 1. The third kappa shape index (κ3) is 2.27. The van der Waals surface area contributed by atoms with Gasteiger partial charge in [-0.1, -0.05) is 24.3 Å². The number of carbonyl (C=O) groups is 1. The van der Waals surface area contributed by atoms with E-state index in [0.717, 1.165) is 45.4 Å². The van der Waals surface area contributed by atoms with Crippen LogP contribution in [-0.2, 0) is 17.8 Å². The molecule has 0 spiro atoms. The average Bonchev–Trinajstić information content (AvgIpc) is 2.84. The largest absolute Gasteiger partial charge is 0.338 e. The molecule has 1 saturated heterocycles. The van der Waals surface area contributed by atoms with Gasteiger partial charge in [-0.05, 0) is 36.9 Å². The molecule has 1 amide bonds. The smallest absolute Gasteiger partial charge is 0.227 e. The number of carbonyl (C=O) groups excluding carboxylic acids is 1. The summed E-state index contributed by atoms with van der Waals surface area (Å²) < 4.78 is 0. The van der Waals surface area contributed by atoms with E-state index in [1.54, 1.807) is 0 Å². The molecule has 0 aliphatic carbocycles. The average molecular weight is 244 g/mol. The SMILES string of the molecule is O=C(C1CCNC1)N1CCCc2ccccc2C1. The molecule has 3 rings (SSSR count). The van der Waals surface area contributed by atoms with Gasteiger partial charge in [0.15, 0.2) is 0 Å². The molecule has 1 atom stereocenters.